The van der Waals surface area contributed by atoms with Crippen LogP contribution in [0.4, 0.5) is 18.3 Å². The van der Waals surface area contributed by atoms with Crippen molar-refractivity contribution in [1.29, 1.82) is 0 Å². The predicted molar refractivity (Wildman–Crippen MR) is 96.8 cm³/mol. The zero-order chi connectivity index (χ0) is 19.5. The van der Waals surface area contributed by atoms with Gasteiger partial charge in [-0.25, -0.2) is 4.98 Å². The van der Waals surface area contributed by atoms with E-state index in [1.807, 2.05) is 0 Å². The molecule has 0 aliphatic carbocycles. The van der Waals surface area contributed by atoms with Gasteiger partial charge < -0.3 is 10.1 Å². The first-order valence-electron chi connectivity index (χ1n) is 8.50. The van der Waals surface area contributed by atoms with Gasteiger partial charge in [0.1, 0.15) is 5.60 Å². The highest BCUT2D eigenvalue weighted by molar-refractivity contribution is 7.15. The Kier molecular flexibility index (Phi) is 5.83. The molecule has 0 bridgehead atoms. The predicted octanol–water partition coefficient (Wildman–Crippen LogP) is 3.46. The summed E-state index contributed by atoms with van der Waals surface area (Å²) in [4.78, 5) is 17.7. The Morgan fingerprint density at radius 3 is 2.56 bits per heavy atom. The summed E-state index contributed by atoms with van der Waals surface area (Å²) >= 11 is 1.30. The number of carbonyl (C=O) groups is 1. The van der Waals surface area contributed by atoms with Crippen LogP contribution in [0.5, 0.6) is 0 Å². The number of methoxy groups -OCH3 is 1. The van der Waals surface area contributed by atoms with Gasteiger partial charge in [-0.2, -0.15) is 13.2 Å². The molecule has 0 unspecified atom stereocenters. The lowest BCUT2D eigenvalue weighted by atomic mass is 9.91. The zero-order valence-corrected chi connectivity index (χ0v) is 15.5. The van der Waals surface area contributed by atoms with Gasteiger partial charge >= 0.3 is 6.18 Å². The molecule has 1 fully saturated rings. The maximum atomic E-state index is 12.6. The minimum atomic E-state index is -4.34. The number of ether oxygens (including phenoxy) is 1. The fourth-order valence-corrected chi connectivity index (χ4v) is 3.87. The number of anilines is 1. The molecule has 1 aromatic heterocycles. The van der Waals surface area contributed by atoms with E-state index < -0.39 is 17.3 Å². The number of rotatable bonds is 5. The number of amides is 1. The molecule has 1 aliphatic heterocycles. The lowest BCUT2D eigenvalue weighted by Crippen LogP contribution is -2.51. The van der Waals surface area contributed by atoms with E-state index in [1.165, 1.54) is 30.6 Å². The number of hydrogen-bond acceptors (Lipinski definition) is 5. The molecular formula is C18H20F3N3O2S. The van der Waals surface area contributed by atoms with Crippen LogP contribution in [-0.2, 0) is 22.1 Å². The van der Waals surface area contributed by atoms with Crippen molar-refractivity contribution in [3.05, 3.63) is 46.5 Å². The van der Waals surface area contributed by atoms with Crippen molar-refractivity contribution in [1.82, 2.24) is 10.3 Å². The number of halogens is 3. The Balaban J connectivity index is 1.63. The molecule has 2 aromatic rings. The molecule has 3 rings (SSSR count). The van der Waals surface area contributed by atoms with Crippen LogP contribution in [-0.4, -0.2) is 36.7 Å². The number of aromatic nitrogens is 1. The SMILES string of the molecule is COC1(C(=O)Nc2ncc(Cc3ccc(C(F)(F)F)cc3)s2)CCNCC1. The van der Waals surface area contributed by atoms with Gasteiger partial charge in [-0.3, -0.25) is 10.1 Å². The van der Waals surface area contributed by atoms with E-state index in [4.69, 9.17) is 4.74 Å². The van der Waals surface area contributed by atoms with Crippen LogP contribution in [0.2, 0.25) is 0 Å². The van der Waals surface area contributed by atoms with Crippen LogP contribution in [0.1, 0.15) is 28.8 Å². The van der Waals surface area contributed by atoms with Crippen molar-refractivity contribution in [3.63, 3.8) is 0 Å². The molecule has 1 saturated heterocycles. The second-order valence-corrected chi connectivity index (χ2v) is 7.52. The molecule has 0 radical (unpaired) electrons. The number of hydrogen-bond donors (Lipinski definition) is 2. The highest BCUT2D eigenvalue weighted by Crippen LogP contribution is 2.30. The van der Waals surface area contributed by atoms with Crippen molar-refractivity contribution >= 4 is 22.4 Å². The van der Waals surface area contributed by atoms with Crippen molar-refractivity contribution in [2.45, 2.75) is 31.0 Å². The number of alkyl halides is 3. The molecule has 2 heterocycles. The molecule has 146 valence electrons. The van der Waals surface area contributed by atoms with E-state index >= 15 is 0 Å². The van der Waals surface area contributed by atoms with E-state index in [1.54, 1.807) is 6.20 Å². The van der Waals surface area contributed by atoms with Gasteiger partial charge in [-0.15, -0.1) is 11.3 Å². The second-order valence-electron chi connectivity index (χ2n) is 6.41. The molecule has 0 spiro atoms. The fraction of sp³-hybridized carbons (Fsp3) is 0.444. The van der Waals surface area contributed by atoms with Crippen molar-refractivity contribution < 1.29 is 22.7 Å². The maximum absolute atomic E-state index is 12.6. The number of benzene rings is 1. The maximum Gasteiger partial charge on any atom is 0.416 e. The van der Waals surface area contributed by atoms with Crippen LogP contribution in [0.25, 0.3) is 0 Å². The molecule has 27 heavy (non-hydrogen) atoms. The summed E-state index contributed by atoms with van der Waals surface area (Å²) in [5, 5.41) is 6.45. The Morgan fingerprint density at radius 2 is 1.96 bits per heavy atom. The number of nitrogens with one attached hydrogen (secondary N) is 2. The van der Waals surface area contributed by atoms with Gasteiger partial charge in [0.2, 0.25) is 0 Å². The van der Waals surface area contributed by atoms with Gasteiger partial charge in [-0.1, -0.05) is 12.1 Å². The first-order valence-corrected chi connectivity index (χ1v) is 9.32. The van der Waals surface area contributed by atoms with Crippen LogP contribution in [0, 0.1) is 0 Å². The quantitative estimate of drug-likeness (QED) is 0.808. The first-order chi connectivity index (χ1) is 12.8. The number of thiazole rings is 1. The molecule has 5 nitrogen and oxygen atoms in total. The van der Waals surface area contributed by atoms with E-state index in [9.17, 15) is 18.0 Å². The molecule has 2 N–H and O–H groups in total. The summed E-state index contributed by atoms with van der Waals surface area (Å²) in [6.07, 6.45) is -1.10. The molecule has 1 aromatic carbocycles. The monoisotopic (exact) mass is 399 g/mol. The second kappa shape index (κ2) is 7.95. The Labute approximate surface area is 158 Å². The van der Waals surface area contributed by atoms with Crippen molar-refractivity contribution in [2.24, 2.45) is 0 Å². The Bertz CT molecular complexity index is 784. The summed E-state index contributed by atoms with van der Waals surface area (Å²) in [5.74, 6) is -0.220. The summed E-state index contributed by atoms with van der Waals surface area (Å²) < 4.78 is 43.4. The lowest BCUT2D eigenvalue weighted by Gasteiger charge is -2.34. The number of carbonyl (C=O) groups excluding carboxylic acids is 1. The summed E-state index contributed by atoms with van der Waals surface area (Å²) in [6, 6.07) is 5.04. The third-order valence-corrected chi connectivity index (χ3v) is 5.56. The highest BCUT2D eigenvalue weighted by Gasteiger charge is 2.40. The van der Waals surface area contributed by atoms with Gasteiger partial charge in [-0.05, 0) is 43.6 Å². The van der Waals surface area contributed by atoms with Crippen molar-refractivity contribution in [2.75, 3.05) is 25.5 Å². The van der Waals surface area contributed by atoms with Gasteiger partial charge in [0, 0.05) is 24.6 Å². The van der Waals surface area contributed by atoms with Crippen LogP contribution >= 0.6 is 11.3 Å². The van der Waals surface area contributed by atoms with Gasteiger partial charge in [0.15, 0.2) is 5.13 Å². The normalized spacial score (nSPS) is 16.9. The molecule has 9 heteroatoms. The smallest absolute Gasteiger partial charge is 0.368 e. The van der Waals surface area contributed by atoms with E-state index in [0.717, 1.165) is 22.6 Å². The molecular weight excluding hydrogens is 379 g/mol. The number of piperidine rings is 1. The average molecular weight is 399 g/mol. The summed E-state index contributed by atoms with van der Waals surface area (Å²) in [7, 11) is 1.53. The van der Waals surface area contributed by atoms with E-state index in [-0.39, 0.29) is 5.91 Å². The van der Waals surface area contributed by atoms with E-state index in [2.05, 4.69) is 15.6 Å². The third kappa shape index (κ3) is 4.66. The van der Waals surface area contributed by atoms with Gasteiger partial charge in [0.05, 0.1) is 5.56 Å². The van der Waals surface area contributed by atoms with Gasteiger partial charge in [0.25, 0.3) is 5.91 Å². The largest absolute Gasteiger partial charge is 0.416 e. The lowest BCUT2D eigenvalue weighted by molar-refractivity contribution is -0.140. The molecule has 1 amide bonds. The average Bonchev–Trinajstić information content (AvgIpc) is 3.08. The fourth-order valence-electron chi connectivity index (χ4n) is 3.03. The Hall–Kier alpha value is -1.97. The first kappa shape index (κ1) is 19.8. The number of nitrogens with zero attached hydrogens (tertiary/aromatic N) is 1. The topological polar surface area (TPSA) is 63.2 Å². The third-order valence-electron chi connectivity index (χ3n) is 4.65. The van der Waals surface area contributed by atoms with Crippen molar-refractivity contribution in [3.8, 4) is 0 Å². The van der Waals surface area contributed by atoms with Crippen LogP contribution < -0.4 is 10.6 Å². The standard InChI is InChI=1S/C18H20F3N3O2S/c1-26-17(6-8-22-9-7-17)15(25)24-16-23-11-14(27-16)10-12-2-4-13(5-3-12)18(19,20)21/h2-5,11,22H,6-10H2,1H3,(H,23,24,25). The minimum Gasteiger partial charge on any atom is -0.368 e. The summed E-state index contributed by atoms with van der Waals surface area (Å²) in [5.41, 5.74) is -0.781. The molecule has 0 atom stereocenters. The van der Waals surface area contributed by atoms with Crippen LogP contribution in [0.15, 0.2) is 30.5 Å². The summed E-state index contributed by atoms with van der Waals surface area (Å²) in [6.45, 7) is 1.41. The Morgan fingerprint density at radius 1 is 1.30 bits per heavy atom. The minimum absolute atomic E-state index is 0.220. The molecule has 0 saturated carbocycles. The highest BCUT2D eigenvalue weighted by atomic mass is 32.1. The molecule has 1 aliphatic rings. The zero-order valence-electron chi connectivity index (χ0n) is 14.7. The van der Waals surface area contributed by atoms with Crippen LogP contribution in [0.3, 0.4) is 0 Å². The van der Waals surface area contributed by atoms with E-state index in [0.29, 0.717) is 37.5 Å².